The second kappa shape index (κ2) is 7.33. The number of hydrogen-bond donors (Lipinski definition) is 0. The fourth-order valence-corrected chi connectivity index (χ4v) is 2.89. The van der Waals surface area contributed by atoms with Crippen molar-refractivity contribution < 1.29 is 18.0 Å². The second-order valence-corrected chi connectivity index (χ2v) is 6.18. The maximum absolute atomic E-state index is 13.0. The number of carbonyl (C=O) groups excluding carboxylic acids is 1. The van der Waals surface area contributed by atoms with Crippen LogP contribution in [0.5, 0.6) is 0 Å². The van der Waals surface area contributed by atoms with Gasteiger partial charge in [-0.15, -0.1) is 0 Å². The maximum Gasteiger partial charge on any atom is 0.406 e. The summed E-state index contributed by atoms with van der Waals surface area (Å²) < 4.78 is 38.9. The van der Waals surface area contributed by atoms with Crippen LogP contribution in [-0.4, -0.2) is 28.5 Å². The summed E-state index contributed by atoms with van der Waals surface area (Å²) in [4.78, 5) is 17.6. The van der Waals surface area contributed by atoms with Crippen LogP contribution >= 0.6 is 11.6 Å². The normalized spacial score (nSPS) is 11.5. The van der Waals surface area contributed by atoms with E-state index in [0.717, 1.165) is 4.90 Å². The minimum absolute atomic E-state index is 0.117. The molecule has 0 bridgehead atoms. The summed E-state index contributed by atoms with van der Waals surface area (Å²) in [6.07, 6.45) is -4.52. The van der Waals surface area contributed by atoms with Gasteiger partial charge in [-0.05, 0) is 17.7 Å². The number of amides is 1. The summed E-state index contributed by atoms with van der Waals surface area (Å²) in [7, 11) is 0. The number of carbonyl (C=O) groups is 1. The Labute approximate surface area is 153 Å². The highest BCUT2D eigenvalue weighted by Gasteiger charge is 2.34. The molecule has 0 saturated carbocycles. The van der Waals surface area contributed by atoms with E-state index in [9.17, 15) is 18.0 Å². The Morgan fingerprint density at radius 3 is 2.38 bits per heavy atom. The van der Waals surface area contributed by atoms with Crippen molar-refractivity contribution in [2.75, 3.05) is 6.54 Å². The van der Waals surface area contributed by atoms with Crippen LogP contribution in [0.3, 0.4) is 0 Å². The number of benzene rings is 2. The minimum atomic E-state index is -4.52. The second-order valence-electron chi connectivity index (χ2n) is 5.77. The van der Waals surface area contributed by atoms with Gasteiger partial charge in [-0.2, -0.15) is 13.2 Å². The third kappa shape index (κ3) is 4.32. The summed E-state index contributed by atoms with van der Waals surface area (Å²) in [5.41, 5.74) is 0.931. The molecule has 1 amide bonds. The predicted molar refractivity (Wildman–Crippen MR) is 94.0 cm³/mol. The van der Waals surface area contributed by atoms with Crippen molar-refractivity contribution in [1.82, 2.24) is 9.88 Å². The highest BCUT2D eigenvalue weighted by atomic mass is 35.5. The lowest BCUT2D eigenvalue weighted by Gasteiger charge is -2.24. The van der Waals surface area contributed by atoms with Gasteiger partial charge in [-0.1, -0.05) is 60.1 Å². The number of alkyl halides is 3. The molecular weight excluding hydrogens is 365 g/mol. The molecule has 3 aromatic rings. The number of nitrogens with zero attached hydrogens (tertiary/aromatic N) is 2. The van der Waals surface area contributed by atoms with Gasteiger partial charge < -0.3 is 4.90 Å². The lowest BCUT2D eigenvalue weighted by molar-refractivity contribution is -0.141. The first-order valence-corrected chi connectivity index (χ1v) is 8.16. The molecule has 0 radical (unpaired) electrons. The number of rotatable bonds is 4. The zero-order valence-corrected chi connectivity index (χ0v) is 14.3. The van der Waals surface area contributed by atoms with Gasteiger partial charge in [-0.25, -0.2) is 4.98 Å². The Balaban J connectivity index is 1.96. The van der Waals surface area contributed by atoms with E-state index in [0.29, 0.717) is 16.5 Å². The molecule has 134 valence electrons. The van der Waals surface area contributed by atoms with Crippen molar-refractivity contribution in [2.45, 2.75) is 12.7 Å². The van der Waals surface area contributed by atoms with Crippen LogP contribution in [0.15, 0.2) is 60.7 Å². The number of aromatic nitrogens is 1. The monoisotopic (exact) mass is 378 g/mol. The SMILES string of the molecule is O=C(c1cc(Cl)c2ccccc2n1)N(Cc1ccccc1)CC(F)(F)F. The van der Waals surface area contributed by atoms with Crippen LogP contribution in [0.2, 0.25) is 5.02 Å². The molecule has 0 aliphatic heterocycles. The fraction of sp³-hybridized carbons (Fsp3) is 0.158. The zero-order chi connectivity index (χ0) is 18.7. The number of halogens is 4. The van der Waals surface area contributed by atoms with Gasteiger partial charge in [0.15, 0.2) is 0 Å². The minimum Gasteiger partial charge on any atom is -0.324 e. The van der Waals surface area contributed by atoms with Crippen molar-refractivity contribution >= 4 is 28.4 Å². The summed E-state index contributed by atoms with van der Waals surface area (Å²) in [5, 5.41) is 0.904. The largest absolute Gasteiger partial charge is 0.406 e. The van der Waals surface area contributed by atoms with E-state index in [4.69, 9.17) is 11.6 Å². The molecule has 2 aromatic carbocycles. The molecule has 0 fully saturated rings. The van der Waals surface area contributed by atoms with Gasteiger partial charge in [0, 0.05) is 11.9 Å². The number of pyridine rings is 1. The molecule has 0 saturated heterocycles. The lowest BCUT2D eigenvalue weighted by Crippen LogP contribution is -2.38. The highest BCUT2D eigenvalue weighted by molar-refractivity contribution is 6.35. The van der Waals surface area contributed by atoms with Gasteiger partial charge in [0.05, 0.1) is 10.5 Å². The van der Waals surface area contributed by atoms with E-state index in [1.807, 2.05) is 0 Å². The number of para-hydroxylation sites is 1. The van der Waals surface area contributed by atoms with Gasteiger partial charge in [0.25, 0.3) is 5.91 Å². The van der Waals surface area contributed by atoms with Gasteiger partial charge in [0.2, 0.25) is 0 Å². The van der Waals surface area contributed by atoms with Crippen molar-refractivity contribution in [2.24, 2.45) is 0 Å². The van der Waals surface area contributed by atoms with Crippen molar-refractivity contribution in [3.63, 3.8) is 0 Å². The molecular formula is C19H14ClF3N2O. The molecule has 0 atom stereocenters. The molecule has 0 spiro atoms. The van der Waals surface area contributed by atoms with E-state index in [-0.39, 0.29) is 17.3 Å². The molecule has 3 rings (SSSR count). The Morgan fingerprint density at radius 1 is 1.04 bits per heavy atom. The average Bonchev–Trinajstić information content (AvgIpc) is 2.60. The van der Waals surface area contributed by atoms with Crippen LogP contribution in [-0.2, 0) is 6.54 Å². The van der Waals surface area contributed by atoms with E-state index >= 15 is 0 Å². The van der Waals surface area contributed by atoms with Gasteiger partial charge in [-0.3, -0.25) is 4.79 Å². The molecule has 0 aliphatic carbocycles. The van der Waals surface area contributed by atoms with Crippen molar-refractivity contribution in [1.29, 1.82) is 0 Å². The highest BCUT2D eigenvalue weighted by Crippen LogP contribution is 2.25. The van der Waals surface area contributed by atoms with Crippen LogP contribution in [0.1, 0.15) is 16.1 Å². The van der Waals surface area contributed by atoms with Crippen molar-refractivity contribution in [3.8, 4) is 0 Å². The van der Waals surface area contributed by atoms with Gasteiger partial charge >= 0.3 is 6.18 Å². The standard InChI is InChI=1S/C19H14ClF3N2O/c20-15-10-17(24-16-9-5-4-8-14(15)16)18(26)25(12-19(21,22)23)11-13-6-2-1-3-7-13/h1-10H,11-12H2. The van der Waals surface area contributed by atoms with Gasteiger partial charge in [0.1, 0.15) is 12.2 Å². The zero-order valence-electron chi connectivity index (χ0n) is 13.5. The first kappa shape index (κ1) is 18.2. The first-order chi connectivity index (χ1) is 12.3. The molecule has 1 heterocycles. The summed E-state index contributed by atoms with van der Waals surface area (Å²) in [6, 6.07) is 16.7. The molecule has 26 heavy (non-hydrogen) atoms. The van der Waals surface area contributed by atoms with Crippen LogP contribution in [0.25, 0.3) is 10.9 Å². The predicted octanol–water partition coefficient (Wildman–Crippen LogP) is 5.09. The smallest absolute Gasteiger partial charge is 0.324 e. The third-order valence-corrected chi connectivity index (χ3v) is 4.07. The maximum atomic E-state index is 13.0. The average molecular weight is 379 g/mol. The van der Waals surface area contributed by atoms with E-state index in [1.165, 1.54) is 6.07 Å². The number of hydrogen-bond acceptors (Lipinski definition) is 2. The summed E-state index contributed by atoms with van der Waals surface area (Å²) in [5.74, 6) is -0.821. The van der Waals surface area contributed by atoms with Crippen LogP contribution in [0.4, 0.5) is 13.2 Å². The Morgan fingerprint density at radius 2 is 1.69 bits per heavy atom. The first-order valence-electron chi connectivity index (χ1n) is 7.79. The van der Waals surface area contributed by atoms with Crippen LogP contribution in [0, 0.1) is 0 Å². The van der Waals surface area contributed by atoms with E-state index in [1.54, 1.807) is 54.6 Å². The molecule has 3 nitrogen and oxygen atoms in total. The van der Waals surface area contributed by atoms with Crippen molar-refractivity contribution in [3.05, 3.63) is 76.9 Å². The Bertz CT molecular complexity index is 929. The third-order valence-electron chi connectivity index (χ3n) is 3.76. The molecule has 1 aromatic heterocycles. The van der Waals surface area contributed by atoms with E-state index < -0.39 is 18.6 Å². The summed E-state index contributed by atoms with van der Waals surface area (Å²) in [6.45, 7) is -1.54. The Hall–Kier alpha value is -2.60. The molecule has 0 unspecified atom stereocenters. The molecule has 0 N–H and O–H groups in total. The topological polar surface area (TPSA) is 33.2 Å². The quantitative estimate of drug-likeness (QED) is 0.633. The van der Waals surface area contributed by atoms with Crippen LogP contribution < -0.4 is 0 Å². The Kier molecular flexibility index (Phi) is 5.13. The lowest BCUT2D eigenvalue weighted by atomic mass is 10.1. The fourth-order valence-electron chi connectivity index (χ4n) is 2.62. The number of fused-ring (bicyclic) bond motifs is 1. The van der Waals surface area contributed by atoms with E-state index in [2.05, 4.69) is 4.98 Å². The molecule has 7 heteroatoms. The summed E-state index contributed by atoms with van der Waals surface area (Å²) >= 11 is 6.17. The molecule has 0 aliphatic rings.